The summed E-state index contributed by atoms with van der Waals surface area (Å²) in [6.45, 7) is 1.57. The fraction of sp³-hybridized carbons (Fsp3) is 0.417. The van der Waals surface area contributed by atoms with E-state index in [1.54, 1.807) is 7.11 Å². The molecule has 1 saturated carbocycles. The van der Waals surface area contributed by atoms with E-state index < -0.39 is 0 Å². The summed E-state index contributed by atoms with van der Waals surface area (Å²) in [4.78, 5) is 27.1. The Morgan fingerprint density at radius 1 is 1.00 bits per heavy atom. The van der Waals surface area contributed by atoms with Crippen molar-refractivity contribution < 1.29 is 14.3 Å². The zero-order chi connectivity index (χ0) is 20.5. The zero-order valence-electron chi connectivity index (χ0n) is 17.1. The number of benzene rings is 2. The van der Waals surface area contributed by atoms with Crippen molar-refractivity contribution in [1.29, 1.82) is 0 Å². The van der Waals surface area contributed by atoms with Crippen molar-refractivity contribution in [2.75, 3.05) is 25.2 Å². The number of nitrogens with one attached hydrogen (secondary N) is 1. The SMILES string of the molecule is COCCNC(=O)Cc1ccc(N(Cc2ccccc2)C(=O)C2CCCC2)cc1. The standard InChI is InChI=1S/C24H30N2O3/c1-29-16-15-25-23(27)17-19-11-13-22(14-12-19)26(18-20-7-3-2-4-8-20)24(28)21-9-5-6-10-21/h2-4,7-8,11-14,21H,5-6,9-10,15-18H2,1H3,(H,25,27). The van der Waals surface area contributed by atoms with Gasteiger partial charge in [0.2, 0.25) is 11.8 Å². The van der Waals surface area contributed by atoms with Crippen LogP contribution in [0.15, 0.2) is 54.6 Å². The van der Waals surface area contributed by atoms with Crippen LogP contribution in [-0.4, -0.2) is 32.1 Å². The number of methoxy groups -OCH3 is 1. The lowest BCUT2D eigenvalue weighted by molar-refractivity contribution is -0.122. The van der Waals surface area contributed by atoms with Crippen molar-refractivity contribution >= 4 is 17.5 Å². The minimum absolute atomic E-state index is 0.0297. The third-order valence-corrected chi connectivity index (χ3v) is 5.40. The Morgan fingerprint density at radius 2 is 1.69 bits per heavy atom. The summed E-state index contributed by atoms with van der Waals surface area (Å²) in [6, 6.07) is 17.9. The van der Waals surface area contributed by atoms with E-state index >= 15 is 0 Å². The molecule has 2 amide bonds. The van der Waals surface area contributed by atoms with E-state index in [2.05, 4.69) is 5.32 Å². The first-order valence-electron chi connectivity index (χ1n) is 10.4. The van der Waals surface area contributed by atoms with Crippen LogP contribution in [-0.2, 0) is 27.3 Å². The highest BCUT2D eigenvalue weighted by atomic mass is 16.5. The molecule has 1 aliphatic carbocycles. The molecule has 0 unspecified atom stereocenters. The number of carbonyl (C=O) groups is 2. The van der Waals surface area contributed by atoms with Gasteiger partial charge < -0.3 is 15.0 Å². The molecule has 154 valence electrons. The Balaban J connectivity index is 1.71. The molecule has 0 atom stereocenters. The van der Waals surface area contributed by atoms with Gasteiger partial charge in [0.05, 0.1) is 19.6 Å². The van der Waals surface area contributed by atoms with Gasteiger partial charge in [-0.05, 0) is 36.1 Å². The summed E-state index contributed by atoms with van der Waals surface area (Å²) in [5, 5.41) is 2.83. The Morgan fingerprint density at radius 3 is 2.34 bits per heavy atom. The van der Waals surface area contributed by atoms with Gasteiger partial charge in [0.15, 0.2) is 0 Å². The van der Waals surface area contributed by atoms with Crippen molar-refractivity contribution in [3.05, 3.63) is 65.7 Å². The number of nitrogens with zero attached hydrogens (tertiary/aromatic N) is 1. The number of anilines is 1. The van der Waals surface area contributed by atoms with Gasteiger partial charge in [-0.3, -0.25) is 9.59 Å². The Labute approximate surface area is 173 Å². The van der Waals surface area contributed by atoms with Gasteiger partial charge in [-0.2, -0.15) is 0 Å². The van der Waals surface area contributed by atoms with E-state index in [9.17, 15) is 9.59 Å². The second-order valence-corrected chi connectivity index (χ2v) is 7.58. The van der Waals surface area contributed by atoms with Crippen molar-refractivity contribution in [3.63, 3.8) is 0 Å². The van der Waals surface area contributed by atoms with E-state index in [1.165, 1.54) is 0 Å². The summed E-state index contributed by atoms with van der Waals surface area (Å²) in [5.41, 5.74) is 2.92. The largest absolute Gasteiger partial charge is 0.383 e. The maximum Gasteiger partial charge on any atom is 0.230 e. The maximum absolute atomic E-state index is 13.2. The fourth-order valence-corrected chi connectivity index (χ4v) is 3.79. The van der Waals surface area contributed by atoms with Crippen LogP contribution in [0.2, 0.25) is 0 Å². The molecular formula is C24H30N2O3. The van der Waals surface area contributed by atoms with Gasteiger partial charge in [0, 0.05) is 25.3 Å². The number of hydrogen-bond donors (Lipinski definition) is 1. The van der Waals surface area contributed by atoms with Crippen LogP contribution in [0.5, 0.6) is 0 Å². The maximum atomic E-state index is 13.2. The second kappa shape index (κ2) is 10.8. The first kappa shape index (κ1) is 21.1. The topological polar surface area (TPSA) is 58.6 Å². The minimum atomic E-state index is -0.0297. The van der Waals surface area contributed by atoms with E-state index in [0.29, 0.717) is 26.1 Å². The lowest BCUT2D eigenvalue weighted by Gasteiger charge is -2.26. The van der Waals surface area contributed by atoms with Crippen LogP contribution in [0.1, 0.15) is 36.8 Å². The third kappa shape index (κ3) is 6.16. The fourth-order valence-electron chi connectivity index (χ4n) is 3.79. The summed E-state index contributed by atoms with van der Waals surface area (Å²) in [6.07, 6.45) is 4.53. The Bertz CT molecular complexity index is 784. The second-order valence-electron chi connectivity index (χ2n) is 7.58. The molecule has 1 aliphatic rings. The van der Waals surface area contributed by atoms with Crippen LogP contribution in [0.3, 0.4) is 0 Å². The molecule has 0 saturated heterocycles. The molecule has 5 nitrogen and oxygen atoms in total. The van der Waals surface area contributed by atoms with Gasteiger partial charge in [0.25, 0.3) is 0 Å². The van der Waals surface area contributed by atoms with Gasteiger partial charge in [-0.15, -0.1) is 0 Å². The van der Waals surface area contributed by atoms with Gasteiger partial charge in [0.1, 0.15) is 0 Å². The van der Waals surface area contributed by atoms with Gasteiger partial charge in [-0.25, -0.2) is 0 Å². The van der Waals surface area contributed by atoms with Gasteiger partial charge in [-0.1, -0.05) is 55.3 Å². The van der Waals surface area contributed by atoms with E-state index in [1.807, 2.05) is 59.5 Å². The third-order valence-electron chi connectivity index (χ3n) is 5.40. The van der Waals surface area contributed by atoms with Crippen molar-refractivity contribution in [2.24, 2.45) is 5.92 Å². The predicted molar refractivity (Wildman–Crippen MR) is 115 cm³/mol. The minimum Gasteiger partial charge on any atom is -0.383 e. The molecule has 0 spiro atoms. The smallest absolute Gasteiger partial charge is 0.230 e. The van der Waals surface area contributed by atoms with E-state index in [0.717, 1.165) is 42.5 Å². The molecule has 0 heterocycles. The lowest BCUT2D eigenvalue weighted by Crippen LogP contribution is -2.35. The van der Waals surface area contributed by atoms with Crippen molar-refractivity contribution in [2.45, 2.75) is 38.6 Å². The molecule has 2 aromatic rings. The lowest BCUT2D eigenvalue weighted by atomic mass is 10.0. The Kier molecular flexibility index (Phi) is 7.82. The quantitative estimate of drug-likeness (QED) is 0.660. The van der Waals surface area contributed by atoms with Crippen LogP contribution < -0.4 is 10.2 Å². The summed E-state index contributed by atoms with van der Waals surface area (Å²) in [5.74, 6) is 0.291. The summed E-state index contributed by atoms with van der Waals surface area (Å²) < 4.78 is 4.95. The van der Waals surface area contributed by atoms with E-state index in [-0.39, 0.29) is 17.7 Å². The highest BCUT2D eigenvalue weighted by Crippen LogP contribution is 2.29. The molecule has 29 heavy (non-hydrogen) atoms. The summed E-state index contributed by atoms with van der Waals surface area (Å²) >= 11 is 0. The molecule has 0 aromatic heterocycles. The van der Waals surface area contributed by atoms with Crippen LogP contribution in [0, 0.1) is 5.92 Å². The average molecular weight is 395 g/mol. The molecule has 0 aliphatic heterocycles. The Hall–Kier alpha value is -2.66. The molecule has 2 aromatic carbocycles. The highest BCUT2D eigenvalue weighted by molar-refractivity contribution is 5.95. The number of carbonyl (C=O) groups excluding carboxylic acids is 2. The highest BCUT2D eigenvalue weighted by Gasteiger charge is 2.28. The van der Waals surface area contributed by atoms with Crippen molar-refractivity contribution in [1.82, 2.24) is 5.32 Å². The molecule has 0 radical (unpaired) electrons. The number of amides is 2. The van der Waals surface area contributed by atoms with Crippen LogP contribution >= 0.6 is 0 Å². The average Bonchev–Trinajstić information content (AvgIpc) is 3.28. The zero-order valence-corrected chi connectivity index (χ0v) is 17.1. The van der Waals surface area contributed by atoms with E-state index in [4.69, 9.17) is 4.74 Å². The van der Waals surface area contributed by atoms with Crippen LogP contribution in [0.4, 0.5) is 5.69 Å². The number of ether oxygens (including phenoxy) is 1. The molecule has 5 heteroatoms. The number of rotatable bonds is 9. The normalized spacial score (nSPS) is 14.0. The first-order chi connectivity index (χ1) is 14.2. The molecule has 1 N–H and O–H groups in total. The molecule has 0 bridgehead atoms. The molecule has 3 rings (SSSR count). The van der Waals surface area contributed by atoms with Crippen molar-refractivity contribution in [3.8, 4) is 0 Å². The number of hydrogen-bond acceptors (Lipinski definition) is 3. The molecular weight excluding hydrogens is 364 g/mol. The van der Waals surface area contributed by atoms with Gasteiger partial charge >= 0.3 is 0 Å². The first-order valence-corrected chi connectivity index (χ1v) is 10.4. The monoisotopic (exact) mass is 394 g/mol. The molecule has 1 fully saturated rings. The predicted octanol–water partition coefficient (Wildman–Crippen LogP) is 3.72. The van der Waals surface area contributed by atoms with Crippen LogP contribution in [0.25, 0.3) is 0 Å². The summed E-state index contributed by atoms with van der Waals surface area (Å²) in [7, 11) is 1.61.